The van der Waals surface area contributed by atoms with Crippen LogP contribution in [0.5, 0.6) is 5.75 Å². The zero-order chi connectivity index (χ0) is 27.0. The first-order valence-electron chi connectivity index (χ1n) is 12.3. The lowest BCUT2D eigenvalue weighted by Crippen LogP contribution is -2.51. The number of hydrogen-bond donors (Lipinski definition) is 1. The highest BCUT2D eigenvalue weighted by atomic mass is 19.1. The molecule has 5 rings (SSSR count). The highest BCUT2D eigenvalue weighted by Gasteiger charge is 2.45. The fourth-order valence-electron chi connectivity index (χ4n) is 4.77. The van der Waals surface area contributed by atoms with Crippen LogP contribution in [0, 0.1) is 17.6 Å². The number of ether oxygens (including phenoxy) is 2. The highest BCUT2D eigenvalue weighted by molar-refractivity contribution is 5.99. The van der Waals surface area contributed by atoms with E-state index in [9.17, 15) is 23.2 Å². The van der Waals surface area contributed by atoms with E-state index in [1.165, 1.54) is 16.8 Å². The van der Waals surface area contributed by atoms with Crippen LogP contribution in [0.4, 0.5) is 8.78 Å². The van der Waals surface area contributed by atoms with E-state index >= 15 is 0 Å². The van der Waals surface area contributed by atoms with Gasteiger partial charge in [0.1, 0.15) is 23.8 Å². The molecule has 0 aliphatic carbocycles. The molecule has 2 aromatic carbocycles. The molecular formula is C28H27F2N3O5. The minimum Gasteiger partial charge on any atom is -0.483 e. The first kappa shape index (κ1) is 25.6. The molecule has 3 aromatic rings. The molecule has 0 bridgehead atoms. The number of benzene rings is 2. The Morgan fingerprint density at radius 2 is 1.92 bits per heavy atom. The van der Waals surface area contributed by atoms with Gasteiger partial charge >= 0.3 is 0 Å². The number of nitrogens with one attached hydrogen (secondary N) is 1. The Morgan fingerprint density at radius 3 is 2.63 bits per heavy atom. The molecule has 1 saturated heterocycles. The van der Waals surface area contributed by atoms with Crippen molar-refractivity contribution in [3.63, 3.8) is 0 Å². The van der Waals surface area contributed by atoms with Gasteiger partial charge in [-0.15, -0.1) is 0 Å². The van der Waals surface area contributed by atoms with Crippen LogP contribution in [-0.4, -0.2) is 40.2 Å². The number of fused-ring (bicyclic) bond motifs is 2. The second-order valence-corrected chi connectivity index (χ2v) is 9.71. The summed E-state index contributed by atoms with van der Waals surface area (Å²) in [5.74, 6) is -2.83. The number of carbonyl (C=O) groups excluding carboxylic acids is 2. The van der Waals surface area contributed by atoms with Crippen molar-refractivity contribution in [1.82, 2.24) is 14.8 Å². The predicted octanol–water partition coefficient (Wildman–Crippen LogP) is 3.47. The number of aromatic nitrogens is 1. The Morgan fingerprint density at radius 1 is 1.16 bits per heavy atom. The number of rotatable bonds is 7. The van der Waals surface area contributed by atoms with Gasteiger partial charge in [0.2, 0.25) is 5.43 Å². The molecule has 2 aliphatic rings. The van der Waals surface area contributed by atoms with Crippen LogP contribution in [0.2, 0.25) is 0 Å². The summed E-state index contributed by atoms with van der Waals surface area (Å²) in [5, 5.41) is 2.51. The van der Waals surface area contributed by atoms with Crippen molar-refractivity contribution in [3.05, 3.63) is 99.0 Å². The maximum absolute atomic E-state index is 14.1. The van der Waals surface area contributed by atoms with Crippen molar-refractivity contribution in [3.8, 4) is 5.75 Å². The molecule has 0 saturated carbocycles. The zero-order valence-corrected chi connectivity index (χ0v) is 20.9. The molecule has 8 nitrogen and oxygen atoms in total. The molecule has 3 heterocycles. The number of carbonyl (C=O) groups is 2. The van der Waals surface area contributed by atoms with Crippen molar-refractivity contribution < 1.29 is 27.8 Å². The SMILES string of the molecule is CC(C)C1COC2Cn3cc(C(=O)NCc4ccc(F)cc4F)c(=O)c(OCc4ccccc4)c3C(=O)N21. The summed E-state index contributed by atoms with van der Waals surface area (Å²) in [6, 6.07) is 12.0. The Balaban J connectivity index is 1.51. The van der Waals surface area contributed by atoms with Gasteiger partial charge in [0.05, 0.1) is 19.2 Å². The quantitative estimate of drug-likeness (QED) is 0.512. The maximum atomic E-state index is 14.1. The van der Waals surface area contributed by atoms with Crippen molar-refractivity contribution in [2.45, 2.75) is 45.8 Å². The summed E-state index contributed by atoms with van der Waals surface area (Å²) in [5.41, 5.74) is -0.128. The minimum atomic E-state index is -0.817. The van der Waals surface area contributed by atoms with Crippen LogP contribution >= 0.6 is 0 Å². The van der Waals surface area contributed by atoms with E-state index in [2.05, 4.69) is 5.32 Å². The fourth-order valence-corrected chi connectivity index (χ4v) is 4.77. The van der Waals surface area contributed by atoms with Crippen molar-refractivity contribution in [2.24, 2.45) is 5.92 Å². The van der Waals surface area contributed by atoms with Gasteiger partial charge in [0.15, 0.2) is 17.7 Å². The first-order chi connectivity index (χ1) is 18.2. The maximum Gasteiger partial charge on any atom is 0.276 e. The highest BCUT2D eigenvalue weighted by Crippen LogP contribution is 2.33. The van der Waals surface area contributed by atoms with Crippen molar-refractivity contribution in [2.75, 3.05) is 6.61 Å². The van der Waals surface area contributed by atoms with E-state index in [1.54, 1.807) is 4.90 Å². The Labute approximate surface area is 217 Å². The fraction of sp³-hybridized carbons (Fsp3) is 0.321. The molecule has 2 amide bonds. The van der Waals surface area contributed by atoms with E-state index in [-0.39, 0.29) is 54.2 Å². The first-order valence-corrected chi connectivity index (χ1v) is 12.3. The molecule has 2 unspecified atom stereocenters. The summed E-state index contributed by atoms with van der Waals surface area (Å²) in [4.78, 5) is 42.0. The Bertz CT molecular complexity index is 1440. The summed E-state index contributed by atoms with van der Waals surface area (Å²) in [7, 11) is 0. The van der Waals surface area contributed by atoms with Gasteiger partial charge in [-0.3, -0.25) is 14.4 Å². The van der Waals surface area contributed by atoms with E-state index in [4.69, 9.17) is 9.47 Å². The second kappa shape index (κ2) is 10.4. The summed E-state index contributed by atoms with van der Waals surface area (Å²) in [6.45, 7) is 4.31. The normalized spacial score (nSPS) is 18.3. The average Bonchev–Trinajstić information content (AvgIpc) is 3.33. The van der Waals surface area contributed by atoms with Gasteiger partial charge in [-0.05, 0) is 17.5 Å². The third-order valence-electron chi connectivity index (χ3n) is 6.85. The summed E-state index contributed by atoms with van der Waals surface area (Å²) in [6.07, 6.45) is 0.765. The molecule has 1 fully saturated rings. The van der Waals surface area contributed by atoms with Gasteiger partial charge in [-0.25, -0.2) is 8.78 Å². The van der Waals surface area contributed by atoms with Crippen LogP contribution in [0.1, 0.15) is 45.8 Å². The average molecular weight is 524 g/mol. The molecule has 2 aliphatic heterocycles. The van der Waals surface area contributed by atoms with Gasteiger partial charge in [0, 0.05) is 24.4 Å². The number of halogens is 2. The van der Waals surface area contributed by atoms with Gasteiger partial charge in [-0.1, -0.05) is 50.2 Å². The third-order valence-corrected chi connectivity index (χ3v) is 6.85. The topological polar surface area (TPSA) is 89.9 Å². The summed E-state index contributed by atoms with van der Waals surface area (Å²) < 4.78 is 40.6. The van der Waals surface area contributed by atoms with Gasteiger partial charge in [0.25, 0.3) is 11.8 Å². The molecular weight excluding hydrogens is 496 g/mol. The summed E-state index contributed by atoms with van der Waals surface area (Å²) >= 11 is 0. The van der Waals surface area contributed by atoms with Gasteiger partial charge < -0.3 is 24.3 Å². The number of pyridine rings is 1. The Hall–Kier alpha value is -4.05. The van der Waals surface area contributed by atoms with Crippen LogP contribution < -0.4 is 15.5 Å². The van der Waals surface area contributed by atoms with Crippen LogP contribution in [0.3, 0.4) is 0 Å². The van der Waals surface area contributed by atoms with E-state index < -0.39 is 35.1 Å². The molecule has 10 heteroatoms. The van der Waals surface area contributed by atoms with E-state index in [0.29, 0.717) is 12.7 Å². The standard InChI is InChI=1S/C28H27F2N3O5/c1-16(2)22-15-37-23-13-32-12-20(27(35)31-11-18-8-9-19(29)10-21(18)30)25(34)26(24(32)28(36)33(22)23)38-14-17-6-4-3-5-7-17/h3-10,12,16,22-23H,11,13-15H2,1-2H3,(H,31,35). The molecule has 1 aromatic heterocycles. The number of hydrogen-bond acceptors (Lipinski definition) is 5. The number of amides is 2. The molecule has 198 valence electrons. The molecule has 2 atom stereocenters. The third kappa shape index (κ3) is 4.79. The van der Waals surface area contributed by atoms with Crippen LogP contribution in [-0.2, 0) is 24.4 Å². The zero-order valence-electron chi connectivity index (χ0n) is 20.9. The molecule has 1 N–H and O–H groups in total. The van der Waals surface area contributed by atoms with Crippen molar-refractivity contribution in [1.29, 1.82) is 0 Å². The lowest BCUT2D eigenvalue weighted by Gasteiger charge is -2.36. The van der Waals surface area contributed by atoms with Crippen LogP contribution in [0.25, 0.3) is 0 Å². The van der Waals surface area contributed by atoms with E-state index in [0.717, 1.165) is 11.6 Å². The lowest BCUT2D eigenvalue weighted by molar-refractivity contribution is 0.00407. The predicted molar refractivity (Wildman–Crippen MR) is 134 cm³/mol. The minimum absolute atomic E-state index is 0.00968. The van der Waals surface area contributed by atoms with Gasteiger partial charge in [-0.2, -0.15) is 0 Å². The Kier molecular flexibility index (Phi) is 6.98. The molecule has 38 heavy (non-hydrogen) atoms. The number of nitrogens with zero attached hydrogens (tertiary/aromatic N) is 2. The second-order valence-electron chi connectivity index (χ2n) is 9.71. The van der Waals surface area contributed by atoms with E-state index in [1.807, 2.05) is 44.2 Å². The smallest absolute Gasteiger partial charge is 0.276 e. The molecule has 0 radical (unpaired) electrons. The van der Waals surface area contributed by atoms with Crippen LogP contribution in [0.15, 0.2) is 59.5 Å². The van der Waals surface area contributed by atoms with Crippen molar-refractivity contribution >= 4 is 11.8 Å². The lowest BCUT2D eigenvalue weighted by atomic mass is 10.0. The molecule has 0 spiro atoms. The largest absolute Gasteiger partial charge is 0.483 e. The monoisotopic (exact) mass is 523 g/mol.